The van der Waals surface area contributed by atoms with Crippen LogP contribution < -0.4 is 4.72 Å². The topological polar surface area (TPSA) is 79.3 Å². The number of hydrogen-bond donors (Lipinski definition) is 2. The molecule has 0 fully saturated rings. The van der Waals surface area contributed by atoms with Crippen LogP contribution in [0.2, 0.25) is 0 Å². The number of nitrogens with zero attached hydrogens (tertiary/aromatic N) is 1. The van der Waals surface area contributed by atoms with Gasteiger partial charge >= 0.3 is 0 Å². The molecule has 0 amide bonds. The first-order chi connectivity index (χ1) is 10.5. The van der Waals surface area contributed by atoms with Gasteiger partial charge in [-0.05, 0) is 42.5 Å². The molecule has 22 heavy (non-hydrogen) atoms. The van der Waals surface area contributed by atoms with Crippen molar-refractivity contribution in [3.8, 4) is 0 Å². The van der Waals surface area contributed by atoms with Crippen molar-refractivity contribution >= 4 is 10.0 Å². The highest BCUT2D eigenvalue weighted by molar-refractivity contribution is 7.89. The smallest absolute Gasteiger partial charge is 0.242 e. The van der Waals surface area contributed by atoms with Crippen LogP contribution in [0.1, 0.15) is 24.0 Å². The first-order valence-corrected chi connectivity index (χ1v) is 8.70. The van der Waals surface area contributed by atoms with Gasteiger partial charge in [0, 0.05) is 18.9 Å². The molecule has 2 aromatic rings. The molecule has 2 N–H and O–H groups in total. The van der Waals surface area contributed by atoms with Gasteiger partial charge in [-0.25, -0.2) is 13.1 Å². The van der Waals surface area contributed by atoms with Gasteiger partial charge in [0.15, 0.2) is 0 Å². The number of hydrogen-bond acceptors (Lipinski definition) is 4. The van der Waals surface area contributed by atoms with Crippen molar-refractivity contribution in [1.82, 2.24) is 9.71 Å². The Labute approximate surface area is 130 Å². The molecule has 3 rings (SSSR count). The molecule has 1 aliphatic carbocycles. The van der Waals surface area contributed by atoms with E-state index in [2.05, 4.69) is 9.71 Å². The second-order valence-electron chi connectivity index (χ2n) is 5.56. The molecule has 0 spiro atoms. The van der Waals surface area contributed by atoms with Gasteiger partial charge in [-0.3, -0.25) is 4.98 Å². The SMILES string of the molecule is O=S(=O)(NCC1(O)CCCc2ccccc21)c1cccnc1. The van der Waals surface area contributed by atoms with E-state index in [1.54, 1.807) is 6.07 Å². The van der Waals surface area contributed by atoms with Crippen LogP contribution in [0.15, 0.2) is 53.7 Å². The zero-order valence-electron chi connectivity index (χ0n) is 12.1. The summed E-state index contributed by atoms with van der Waals surface area (Å²) in [5, 5.41) is 10.9. The molecular weight excluding hydrogens is 300 g/mol. The van der Waals surface area contributed by atoms with Gasteiger partial charge in [0.25, 0.3) is 0 Å². The molecule has 0 bridgehead atoms. The van der Waals surface area contributed by atoms with Crippen molar-refractivity contribution in [1.29, 1.82) is 0 Å². The highest BCUT2D eigenvalue weighted by Gasteiger charge is 2.35. The molecule has 0 radical (unpaired) electrons. The zero-order chi connectivity index (χ0) is 15.6. The third-order valence-electron chi connectivity index (χ3n) is 4.05. The summed E-state index contributed by atoms with van der Waals surface area (Å²) >= 11 is 0. The number of aryl methyl sites for hydroxylation is 1. The third kappa shape index (κ3) is 2.90. The van der Waals surface area contributed by atoms with E-state index >= 15 is 0 Å². The van der Waals surface area contributed by atoms with E-state index in [9.17, 15) is 13.5 Å². The summed E-state index contributed by atoms with van der Waals surface area (Å²) < 4.78 is 27.0. The van der Waals surface area contributed by atoms with Gasteiger partial charge in [-0.15, -0.1) is 0 Å². The molecule has 6 heteroatoms. The van der Waals surface area contributed by atoms with Gasteiger partial charge in [-0.1, -0.05) is 24.3 Å². The van der Waals surface area contributed by atoms with Crippen molar-refractivity contribution in [2.45, 2.75) is 29.8 Å². The fraction of sp³-hybridized carbons (Fsp3) is 0.312. The fourth-order valence-electron chi connectivity index (χ4n) is 2.89. The lowest BCUT2D eigenvalue weighted by molar-refractivity contribution is 0.0243. The Morgan fingerprint density at radius 2 is 2.05 bits per heavy atom. The van der Waals surface area contributed by atoms with Crippen LogP contribution in [0.4, 0.5) is 0 Å². The summed E-state index contributed by atoms with van der Waals surface area (Å²) in [5.41, 5.74) is 0.733. The Morgan fingerprint density at radius 3 is 2.82 bits per heavy atom. The molecule has 0 aliphatic heterocycles. The summed E-state index contributed by atoms with van der Waals surface area (Å²) in [6, 6.07) is 10.7. The first-order valence-electron chi connectivity index (χ1n) is 7.22. The fourth-order valence-corrected chi connectivity index (χ4v) is 3.94. The van der Waals surface area contributed by atoms with Crippen LogP contribution in [0, 0.1) is 0 Å². The van der Waals surface area contributed by atoms with Crippen molar-refractivity contribution in [2.75, 3.05) is 6.54 Å². The van der Waals surface area contributed by atoms with Crippen LogP contribution >= 0.6 is 0 Å². The van der Waals surface area contributed by atoms with Crippen molar-refractivity contribution < 1.29 is 13.5 Å². The lowest BCUT2D eigenvalue weighted by Gasteiger charge is -2.34. The second-order valence-corrected chi connectivity index (χ2v) is 7.32. The molecule has 5 nitrogen and oxygen atoms in total. The quantitative estimate of drug-likeness (QED) is 0.897. The van der Waals surface area contributed by atoms with Gasteiger partial charge < -0.3 is 5.11 Å². The van der Waals surface area contributed by atoms with E-state index in [0.717, 1.165) is 24.0 Å². The van der Waals surface area contributed by atoms with Crippen LogP contribution in [-0.2, 0) is 22.0 Å². The molecule has 1 aromatic heterocycles. The van der Waals surface area contributed by atoms with Crippen LogP contribution in [-0.4, -0.2) is 25.1 Å². The Balaban J connectivity index is 1.82. The molecule has 1 unspecified atom stereocenters. The predicted octanol–water partition coefficient (Wildman–Crippen LogP) is 1.58. The Hall–Kier alpha value is -1.76. The van der Waals surface area contributed by atoms with E-state index in [4.69, 9.17) is 0 Å². The number of benzene rings is 1. The Kier molecular flexibility index (Phi) is 3.99. The van der Waals surface area contributed by atoms with Crippen LogP contribution in [0.3, 0.4) is 0 Å². The number of fused-ring (bicyclic) bond motifs is 1. The highest BCUT2D eigenvalue weighted by atomic mass is 32.2. The number of aromatic nitrogens is 1. The van der Waals surface area contributed by atoms with Crippen molar-refractivity contribution in [2.24, 2.45) is 0 Å². The normalized spacial score (nSPS) is 21.3. The molecule has 0 saturated carbocycles. The number of aliphatic hydroxyl groups is 1. The summed E-state index contributed by atoms with van der Waals surface area (Å²) in [5.74, 6) is 0. The molecule has 1 aliphatic rings. The maximum atomic E-state index is 12.3. The van der Waals surface area contributed by atoms with Crippen LogP contribution in [0.25, 0.3) is 0 Å². The first kappa shape index (κ1) is 15.1. The Bertz CT molecular complexity index is 762. The van der Waals surface area contributed by atoms with Crippen LogP contribution in [0.5, 0.6) is 0 Å². The summed E-state index contributed by atoms with van der Waals surface area (Å²) in [6.45, 7) is -0.0404. The van der Waals surface area contributed by atoms with Gasteiger partial charge in [-0.2, -0.15) is 0 Å². The molecule has 1 atom stereocenters. The van der Waals surface area contributed by atoms with Crippen molar-refractivity contribution in [3.63, 3.8) is 0 Å². The third-order valence-corrected chi connectivity index (χ3v) is 5.44. The van der Waals surface area contributed by atoms with E-state index in [0.29, 0.717) is 6.42 Å². The lowest BCUT2D eigenvalue weighted by Crippen LogP contribution is -2.42. The molecule has 1 aromatic carbocycles. The lowest BCUT2D eigenvalue weighted by atomic mass is 9.79. The molecule has 116 valence electrons. The average molecular weight is 318 g/mol. The minimum absolute atomic E-state index is 0.0404. The van der Waals surface area contributed by atoms with Gasteiger partial charge in [0.05, 0.1) is 0 Å². The van der Waals surface area contributed by atoms with E-state index in [1.807, 2.05) is 24.3 Å². The van der Waals surface area contributed by atoms with Gasteiger partial charge in [0.1, 0.15) is 10.5 Å². The number of sulfonamides is 1. The highest BCUT2D eigenvalue weighted by Crippen LogP contribution is 2.34. The van der Waals surface area contributed by atoms with Gasteiger partial charge in [0.2, 0.25) is 10.0 Å². The second kappa shape index (κ2) is 5.79. The minimum Gasteiger partial charge on any atom is -0.384 e. The maximum Gasteiger partial charge on any atom is 0.242 e. The minimum atomic E-state index is -3.67. The summed E-state index contributed by atoms with van der Waals surface area (Å²) in [7, 11) is -3.67. The molecule has 1 heterocycles. The van der Waals surface area contributed by atoms with E-state index < -0.39 is 15.6 Å². The number of rotatable bonds is 4. The standard InChI is InChI=1S/C16H18N2O3S/c19-16(9-3-6-13-5-1-2-8-15(13)16)12-18-22(20,21)14-7-4-10-17-11-14/h1-2,4-5,7-8,10-11,18-19H,3,6,9,12H2. The predicted molar refractivity (Wildman–Crippen MR) is 82.7 cm³/mol. The summed E-state index contributed by atoms with van der Waals surface area (Å²) in [6.07, 6.45) is 5.10. The molecule has 0 saturated heterocycles. The largest absolute Gasteiger partial charge is 0.384 e. The summed E-state index contributed by atoms with van der Waals surface area (Å²) in [4.78, 5) is 3.92. The van der Waals surface area contributed by atoms with Crippen molar-refractivity contribution in [3.05, 3.63) is 59.9 Å². The number of nitrogens with one attached hydrogen (secondary N) is 1. The average Bonchev–Trinajstić information content (AvgIpc) is 2.55. The number of pyridine rings is 1. The van der Waals surface area contributed by atoms with E-state index in [1.165, 1.54) is 18.5 Å². The monoisotopic (exact) mass is 318 g/mol. The Morgan fingerprint density at radius 1 is 1.23 bits per heavy atom. The van der Waals surface area contributed by atoms with E-state index in [-0.39, 0.29) is 11.4 Å². The molecular formula is C16H18N2O3S. The maximum absolute atomic E-state index is 12.3. The zero-order valence-corrected chi connectivity index (χ0v) is 12.9.